The fraction of sp³-hybridized carbons (Fsp3) is 0.909. The van der Waals surface area contributed by atoms with Crippen LogP contribution in [0.4, 0.5) is 0 Å². The highest BCUT2D eigenvalue weighted by molar-refractivity contribution is 7.90. The molecule has 0 aromatic carbocycles. The minimum absolute atomic E-state index is 0.0685. The van der Waals surface area contributed by atoms with Crippen molar-refractivity contribution < 1.29 is 18.3 Å². The van der Waals surface area contributed by atoms with Gasteiger partial charge in [-0.1, -0.05) is 13.8 Å². The van der Waals surface area contributed by atoms with E-state index in [1.807, 2.05) is 13.8 Å². The van der Waals surface area contributed by atoms with Crippen LogP contribution in [0.1, 0.15) is 26.7 Å². The largest absolute Gasteiger partial charge is 0.481 e. The molecule has 2 atom stereocenters. The number of aliphatic carboxylic acids is 1. The highest BCUT2D eigenvalue weighted by Crippen LogP contribution is 2.37. The van der Waals surface area contributed by atoms with E-state index < -0.39 is 21.9 Å². The SMILES string of the molecule is CC(C)[C@@H]1CN(S(=O)(=O)C2CC2)C[C@H]1C(=O)O. The van der Waals surface area contributed by atoms with Gasteiger partial charge in [-0.3, -0.25) is 4.79 Å². The van der Waals surface area contributed by atoms with Crippen LogP contribution in [0.5, 0.6) is 0 Å². The van der Waals surface area contributed by atoms with Crippen LogP contribution in [0.15, 0.2) is 0 Å². The number of rotatable bonds is 4. The van der Waals surface area contributed by atoms with Crippen LogP contribution in [-0.4, -0.2) is 42.1 Å². The summed E-state index contributed by atoms with van der Waals surface area (Å²) in [6.45, 7) is 4.42. The summed E-state index contributed by atoms with van der Waals surface area (Å²) in [5.41, 5.74) is 0. The van der Waals surface area contributed by atoms with Crippen molar-refractivity contribution in [1.29, 1.82) is 0 Å². The molecule has 1 aliphatic carbocycles. The summed E-state index contributed by atoms with van der Waals surface area (Å²) in [7, 11) is -3.23. The summed E-state index contributed by atoms with van der Waals surface area (Å²) < 4.78 is 25.5. The Labute approximate surface area is 102 Å². The van der Waals surface area contributed by atoms with E-state index >= 15 is 0 Å². The Balaban J connectivity index is 2.16. The smallest absolute Gasteiger partial charge is 0.308 e. The average Bonchev–Trinajstić information content (AvgIpc) is 2.96. The summed E-state index contributed by atoms with van der Waals surface area (Å²) in [6.07, 6.45) is 1.45. The number of hydrogen-bond donors (Lipinski definition) is 1. The third-order valence-corrected chi connectivity index (χ3v) is 6.14. The number of sulfonamides is 1. The summed E-state index contributed by atoms with van der Waals surface area (Å²) in [5, 5.41) is 8.90. The minimum atomic E-state index is -3.23. The first-order chi connectivity index (χ1) is 7.84. The highest BCUT2D eigenvalue weighted by Gasteiger charge is 2.48. The second kappa shape index (κ2) is 4.24. The third-order valence-electron chi connectivity index (χ3n) is 3.81. The van der Waals surface area contributed by atoms with Gasteiger partial charge in [-0.15, -0.1) is 0 Å². The van der Waals surface area contributed by atoms with Crippen molar-refractivity contribution in [2.45, 2.75) is 31.9 Å². The van der Waals surface area contributed by atoms with E-state index in [2.05, 4.69) is 0 Å². The van der Waals surface area contributed by atoms with Gasteiger partial charge in [0.05, 0.1) is 11.2 Å². The molecule has 0 aromatic rings. The summed E-state index contributed by atoms with van der Waals surface area (Å²) >= 11 is 0. The van der Waals surface area contributed by atoms with E-state index in [4.69, 9.17) is 5.11 Å². The zero-order valence-electron chi connectivity index (χ0n) is 10.2. The van der Waals surface area contributed by atoms with E-state index in [0.717, 1.165) is 12.8 Å². The zero-order chi connectivity index (χ0) is 12.8. The first-order valence-corrected chi connectivity index (χ1v) is 7.56. The fourth-order valence-corrected chi connectivity index (χ4v) is 4.41. The fourth-order valence-electron chi connectivity index (χ4n) is 2.51. The second-order valence-electron chi connectivity index (χ2n) is 5.41. The Bertz CT molecular complexity index is 413. The van der Waals surface area contributed by atoms with Gasteiger partial charge in [-0.2, -0.15) is 0 Å². The molecule has 17 heavy (non-hydrogen) atoms. The molecule has 1 saturated heterocycles. The second-order valence-corrected chi connectivity index (χ2v) is 7.63. The van der Waals surface area contributed by atoms with E-state index in [0.29, 0.717) is 6.54 Å². The molecule has 2 aliphatic rings. The van der Waals surface area contributed by atoms with Gasteiger partial charge in [0, 0.05) is 13.1 Å². The molecule has 0 unspecified atom stereocenters. The molecule has 0 amide bonds. The maximum Gasteiger partial charge on any atom is 0.308 e. The molecule has 0 aromatic heterocycles. The van der Waals surface area contributed by atoms with E-state index in [1.54, 1.807) is 0 Å². The lowest BCUT2D eigenvalue weighted by Gasteiger charge is -2.18. The predicted octanol–water partition coefficient (Wildman–Crippen LogP) is 0.767. The molecule has 5 nitrogen and oxygen atoms in total. The van der Waals surface area contributed by atoms with Gasteiger partial charge in [-0.25, -0.2) is 12.7 Å². The first-order valence-electron chi connectivity index (χ1n) is 6.05. The normalized spacial score (nSPS) is 31.0. The number of carbonyl (C=O) groups is 1. The van der Waals surface area contributed by atoms with Gasteiger partial charge < -0.3 is 5.11 Å². The molecule has 0 spiro atoms. The predicted molar refractivity (Wildman–Crippen MR) is 63.0 cm³/mol. The monoisotopic (exact) mass is 261 g/mol. The maximum atomic E-state index is 12.1. The number of hydrogen-bond acceptors (Lipinski definition) is 3. The van der Waals surface area contributed by atoms with Gasteiger partial charge in [0.15, 0.2) is 0 Å². The Morgan fingerprint density at radius 1 is 1.29 bits per heavy atom. The molecule has 1 aliphatic heterocycles. The van der Waals surface area contributed by atoms with E-state index in [-0.39, 0.29) is 23.6 Å². The van der Waals surface area contributed by atoms with Crippen molar-refractivity contribution in [2.75, 3.05) is 13.1 Å². The molecule has 1 heterocycles. The van der Waals surface area contributed by atoms with Crippen molar-refractivity contribution in [1.82, 2.24) is 4.31 Å². The Kier molecular flexibility index (Phi) is 3.20. The van der Waals surface area contributed by atoms with Crippen LogP contribution in [0.3, 0.4) is 0 Å². The van der Waals surface area contributed by atoms with Crippen molar-refractivity contribution >= 4 is 16.0 Å². The van der Waals surface area contributed by atoms with Gasteiger partial charge in [0.2, 0.25) is 10.0 Å². The molecule has 1 saturated carbocycles. The van der Waals surface area contributed by atoms with Crippen LogP contribution >= 0.6 is 0 Å². The Morgan fingerprint density at radius 2 is 1.88 bits per heavy atom. The van der Waals surface area contributed by atoms with Crippen molar-refractivity contribution in [3.05, 3.63) is 0 Å². The van der Waals surface area contributed by atoms with Gasteiger partial charge in [0.1, 0.15) is 0 Å². The number of nitrogens with zero attached hydrogens (tertiary/aromatic N) is 1. The van der Waals surface area contributed by atoms with E-state index in [1.165, 1.54) is 4.31 Å². The first kappa shape index (κ1) is 12.8. The van der Waals surface area contributed by atoms with Gasteiger partial charge in [0.25, 0.3) is 0 Å². The van der Waals surface area contributed by atoms with E-state index in [9.17, 15) is 13.2 Å². The van der Waals surface area contributed by atoms with Crippen LogP contribution < -0.4 is 0 Å². The molecule has 2 rings (SSSR count). The third kappa shape index (κ3) is 2.33. The topological polar surface area (TPSA) is 74.7 Å². The number of carboxylic acid groups (broad SMARTS) is 1. The number of carboxylic acids is 1. The molecular weight excluding hydrogens is 242 g/mol. The summed E-state index contributed by atoms with van der Waals surface area (Å²) in [6, 6.07) is 0. The van der Waals surface area contributed by atoms with Crippen molar-refractivity contribution in [2.24, 2.45) is 17.8 Å². The molecule has 0 radical (unpaired) electrons. The van der Waals surface area contributed by atoms with Crippen LogP contribution in [0.25, 0.3) is 0 Å². The van der Waals surface area contributed by atoms with Gasteiger partial charge in [-0.05, 0) is 24.7 Å². The molecule has 6 heteroatoms. The van der Waals surface area contributed by atoms with Crippen molar-refractivity contribution in [3.63, 3.8) is 0 Å². The standard InChI is InChI=1S/C11H19NO4S/c1-7(2)9-5-12(6-10(9)11(13)14)17(15,16)8-3-4-8/h7-10H,3-6H2,1-2H3,(H,13,14)/t9-,10+/m0/s1. The molecule has 1 N–H and O–H groups in total. The quantitative estimate of drug-likeness (QED) is 0.811. The summed E-state index contributed by atoms with van der Waals surface area (Å²) in [5.74, 6) is -1.31. The average molecular weight is 261 g/mol. The Hall–Kier alpha value is -0.620. The highest BCUT2D eigenvalue weighted by atomic mass is 32.2. The lowest BCUT2D eigenvalue weighted by Crippen LogP contribution is -2.32. The lowest BCUT2D eigenvalue weighted by atomic mass is 9.86. The van der Waals surface area contributed by atoms with Crippen LogP contribution in [0, 0.1) is 17.8 Å². The van der Waals surface area contributed by atoms with Crippen molar-refractivity contribution in [3.8, 4) is 0 Å². The van der Waals surface area contributed by atoms with Crippen LogP contribution in [-0.2, 0) is 14.8 Å². The lowest BCUT2D eigenvalue weighted by molar-refractivity contribution is -0.142. The zero-order valence-corrected chi connectivity index (χ0v) is 11.0. The van der Waals surface area contributed by atoms with Crippen LogP contribution in [0.2, 0.25) is 0 Å². The maximum absolute atomic E-state index is 12.1. The summed E-state index contributed by atoms with van der Waals surface area (Å²) in [4.78, 5) is 11.2. The molecular formula is C11H19NO4S. The minimum Gasteiger partial charge on any atom is -0.481 e. The Morgan fingerprint density at radius 3 is 2.24 bits per heavy atom. The molecule has 98 valence electrons. The molecule has 2 fully saturated rings. The van der Waals surface area contributed by atoms with Gasteiger partial charge >= 0.3 is 5.97 Å². The molecule has 0 bridgehead atoms.